The van der Waals surface area contributed by atoms with Crippen molar-refractivity contribution in [2.45, 2.75) is 18.9 Å². The Hall–Kier alpha value is -2.30. The summed E-state index contributed by atoms with van der Waals surface area (Å²) in [5.74, 6) is 1.29. The molecule has 0 aliphatic carbocycles. The molecule has 2 rings (SSSR count). The van der Waals surface area contributed by atoms with Crippen LogP contribution in [0.4, 0.5) is 0 Å². The van der Waals surface area contributed by atoms with E-state index >= 15 is 0 Å². The van der Waals surface area contributed by atoms with E-state index in [9.17, 15) is 10.1 Å². The minimum Gasteiger partial charge on any atom is -0.492 e. The molecule has 1 aromatic heterocycles. The summed E-state index contributed by atoms with van der Waals surface area (Å²) < 4.78 is 5.50. The number of hydrogen-bond donors (Lipinski definition) is 1. The molecule has 0 aliphatic heterocycles. The van der Waals surface area contributed by atoms with Crippen LogP contribution in [-0.4, -0.2) is 34.8 Å². The predicted octanol–water partition coefficient (Wildman–Crippen LogP) is 2.91. The van der Waals surface area contributed by atoms with Gasteiger partial charge in [0, 0.05) is 5.02 Å². The monoisotopic (exact) mass is 376 g/mol. The largest absolute Gasteiger partial charge is 0.492 e. The number of aryl methyl sites for hydroxylation is 2. The number of ether oxygens (including phenoxy) is 1. The third kappa shape index (κ3) is 5.93. The minimum absolute atomic E-state index is 0.150. The molecule has 0 spiro atoms. The van der Waals surface area contributed by atoms with Crippen molar-refractivity contribution >= 4 is 29.3 Å². The molecule has 0 radical (unpaired) electrons. The van der Waals surface area contributed by atoms with Crippen LogP contribution in [0.25, 0.3) is 0 Å². The average Bonchev–Trinajstić information content (AvgIpc) is 2.58. The lowest BCUT2D eigenvalue weighted by Crippen LogP contribution is -2.29. The van der Waals surface area contributed by atoms with Gasteiger partial charge in [-0.25, -0.2) is 9.97 Å². The molecule has 0 unspecified atom stereocenters. The third-order valence-corrected chi connectivity index (χ3v) is 4.35. The van der Waals surface area contributed by atoms with Gasteiger partial charge in [0.05, 0.1) is 18.0 Å². The molecule has 1 N–H and O–H groups in total. The molecule has 8 heteroatoms. The van der Waals surface area contributed by atoms with Crippen LogP contribution in [0, 0.1) is 25.2 Å². The Morgan fingerprint density at radius 2 is 2.04 bits per heavy atom. The van der Waals surface area contributed by atoms with Crippen molar-refractivity contribution in [1.82, 2.24) is 15.3 Å². The van der Waals surface area contributed by atoms with Gasteiger partial charge in [0.2, 0.25) is 5.91 Å². The number of nitrogens with one attached hydrogen (secondary N) is 1. The van der Waals surface area contributed by atoms with Gasteiger partial charge in [-0.15, -0.1) is 0 Å². The summed E-state index contributed by atoms with van der Waals surface area (Å²) in [6.45, 7) is 4.25. The Morgan fingerprint density at radius 1 is 1.32 bits per heavy atom. The van der Waals surface area contributed by atoms with E-state index in [1.165, 1.54) is 11.8 Å². The second kappa shape index (κ2) is 9.25. The van der Waals surface area contributed by atoms with E-state index < -0.39 is 0 Å². The van der Waals surface area contributed by atoms with E-state index in [2.05, 4.69) is 21.4 Å². The zero-order valence-electron chi connectivity index (χ0n) is 13.9. The van der Waals surface area contributed by atoms with Crippen LogP contribution in [0.15, 0.2) is 29.3 Å². The molecule has 1 heterocycles. The topological polar surface area (TPSA) is 87.9 Å². The number of benzene rings is 1. The number of nitrogens with zero attached hydrogens (tertiary/aromatic N) is 3. The van der Waals surface area contributed by atoms with Crippen LogP contribution >= 0.6 is 23.4 Å². The SMILES string of the molecule is Cc1nc(C)c(C#N)c(SCC(=O)NCCOc2ccc(Cl)cc2)n1. The second-order valence-corrected chi connectivity index (χ2v) is 6.49. The Kier molecular flexibility index (Phi) is 7.04. The first-order valence-corrected chi connectivity index (χ1v) is 8.89. The maximum atomic E-state index is 11.9. The average molecular weight is 377 g/mol. The van der Waals surface area contributed by atoms with Crippen LogP contribution in [0.3, 0.4) is 0 Å². The Balaban J connectivity index is 1.76. The maximum Gasteiger partial charge on any atom is 0.230 e. The number of thioether (sulfide) groups is 1. The van der Waals surface area contributed by atoms with Crippen molar-refractivity contribution in [2.75, 3.05) is 18.9 Å². The van der Waals surface area contributed by atoms with Gasteiger partial charge < -0.3 is 10.1 Å². The van der Waals surface area contributed by atoms with E-state index in [1.54, 1.807) is 38.1 Å². The van der Waals surface area contributed by atoms with Gasteiger partial charge >= 0.3 is 0 Å². The zero-order chi connectivity index (χ0) is 18.2. The molecule has 0 atom stereocenters. The van der Waals surface area contributed by atoms with Crippen LogP contribution in [0.2, 0.25) is 5.02 Å². The molecular formula is C17H17ClN4O2S. The molecule has 0 aliphatic rings. The van der Waals surface area contributed by atoms with E-state index in [0.717, 1.165) is 0 Å². The smallest absolute Gasteiger partial charge is 0.230 e. The first kappa shape index (κ1) is 19.0. The summed E-state index contributed by atoms with van der Waals surface area (Å²) >= 11 is 7.02. The van der Waals surface area contributed by atoms with Crippen LogP contribution < -0.4 is 10.1 Å². The number of nitriles is 1. The molecule has 6 nitrogen and oxygen atoms in total. The summed E-state index contributed by atoms with van der Waals surface area (Å²) in [7, 11) is 0. The molecule has 1 aromatic carbocycles. The lowest BCUT2D eigenvalue weighted by atomic mass is 10.3. The summed E-state index contributed by atoms with van der Waals surface area (Å²) in [6.07, 6.45) is 0. The molecule has 0 fully saturated rings. The molecule has 25 heavy (non-hydrogen) atoms. The summed E-state index contributed by atoms with van der Waals surface area (Å²) in [5, 5.41) is 13.1. The number of rotatable bonds is 7. The first-order valence-electron chi connectivity index (χ1n) is 7.53. The van der Waals surface area contributed by atoms with Gasteiger partial charge in [-0.05, 0) is 38.1 Å². The van der Waals surface area contributed by atoms with Crippen molar-refractivity contribution in [2.24, 2.45) is 0 Å². The summed E-state index contributed by atoms with van der Waals surface area (Å²) in [4.78, 5) is 20.3. The molecule has 0 bridgehead atoms. The summed E-state index contributed by atoms with van der Waals surface area (Å²) in [5.41, 5.74) is 1.03. The minimum atomic E-state index is -0.150. The van der Waals surface area contributed by atoms with Crippen molar-refractivity contribution in [3.63, 3.8) is 0 Å². The van der Waals surface area contributed by atoms with Crippen molar-refractivity contribution in [3.8, 4) is 11.8 Å². The lowest BCUT2D eigenvalue weighted by Gasteiger charge is -2.09. The fourth-order valence-corrected chi connectivity index (χ4v) is 3.02. The maximum absolute atomic E-state index is 11.9. The normalized spacial score (nSPS) is 10.2. The second-order valence-electron chi connectivity index (χ2n) is 5.09. The van der Waals surface area contributed by atoms with Crippen molar-refractivity contribution < 1.29 is 9.53 Å². The highest BCUT2D eigenvalue weighted by molar-refractivity contribution is 8.00. The van der Waals surface area contributed by atoms with Crippen LogP contribution in [-0.2, 0) is 4.79 Å². The fraction of sp³-hybridized carbons (Fsp3) is 0.294. The molecule has 1 amide bonds. The van der Waals surface area contributed by atoms with E-state index in [-0.39, 0.29) is 11.7 Å². The number of carbonyl (C=O) groups excluding carboxylic acids is 1. The van der Waals surface area contributed by atoms with E-state index in [4.69, 9.17) is 16.3 Å². The number of hydrogen-bond acceptors (Lipinski definition) is 6. The highest BCUT2D eigenvalue weighted by Gasteiger charge is 2.12. The van der Waals surface area contributed by atoms with E-state index in [0.29, 0.717) is 46.0 Å². The Bertz CT molecular complexity index is 790. The number of carbonyl (C=O) groups is 1. The van der Waals surface area contributed by atoms with Gasteiger partial charge in [0.15, 0.2) is 0 Å². The van der Waals surface area contributed by atoms with Crippen molar-refractivity contribution in [1.29, 1.82) is 5.26 Å². The molecular weight excluding hydrogens is 360 g/mol. The predicted molar refractivity (Wildman–Crippen MR) is 96.9 cm³/mol. The quantitative estimate of drug-likeness (QED) is 0.454. The highest BCUT2D eigenvalue weighted by Crippen LogP contribution is 2.21. The van der Waals surface area contributed by atoms with Crippen molar-refractivity contribution in [3.05, 3.63) is 46.4 Å². The standard InChI is InChI=1S/C17H17ClN4O2S/c1-11-15(9-19)17(22-12(2)21-11)25-10-16(23)20-7-8-24-14-5-3-13(18)4-6-14/h3-6H,7-8,10H2,1-2H3,(H,20,23). The fourth-order valence-electron chi connectivity index (χ4n) is 1.99. The Labute approximate surface area is 155 Å². The van der Waals surface area contributed by atoms with Gasteiger partial charge in [-0.2, -0.15) is 5.26 Å². The van der Waals surface area contributed by atoms with Gasteiger partial charge in [-0.1, -0.05) is 23.4 Å². The number of aromatic nitrogens is 2. The van der Waals surface area contributed by atoms with E-state index in [1.807, 2.05) is 0 Å². The van der Waals surface area contributed by atoms with Gasteiger partial charge in [0.25, 0.3) is 0 Å². The number of halogens is 1. The molecule has 130 valence electrons. The Morgan fingerprint density at radius 3 is 2.72 bits per heavy atom. The molecule has 0 saturated heterocycles. The van der Waals surface area contributed by atoms with Gasteiger partial charge in [-0.3, -0.25) is 4.79 Å². The summed E-state index contributed by atoms with van der Waals surface area (Å²) in [6, 6.07) is 9.10. The van der Waals surface area contributed by atoms with Crippen LogP contribution in [0.5, 0.6) is 5.75 Å². The lowest BCUT2D eigenvalue weighted by molar-refractivity contribution is -0.118. The molecule has 0 saturated carbocycles. The zero-order valence-corrected chi connectivity index (χ0v) is 15.4. The number of amides is 1. The van der Waals surface area contributed by atoms with Crippen LogP contribution in [0.1, 0.15) is 17.1 Å². The molecule has 2 aromatic rings. The first-order chi connectivity index (χ1) is 12.0. The van der Waals surface area contributed by atoms with Gasteiger partial charge in [0.1, 0.15) is 34.8 Å². The third-order valence-electron chi connectivity index (χ3n) is 3.13. The highest BCUT2D eigenvalue weighted by atomic mass is 35.5.